The van der Waals surface area contributed by atoms with Gasteiger partial charge in [-0.3, -0.25) is 4.57 Å². The number of nitrogens with two attached hydrogens (primary N) is 1. The Labute approximate surface area is 87.8 Å². The smallest absolute Gasteiger partial charge is 0.323 e. The summed E-state index contributed by atoms with van der Waals surface area (Å²) in [5.74, 6) is 0. The molecule has 0 radical (unpaired) electrons. The van der Waals surface area contributed by atoms with Crippen molar-refractivity contribution >= 4 is 11.6 Å². The van der Waals surface area contributed by atoms with Gasteiger partial charge in [-0.2, -0.15) is 0 Å². The minimum atomic E-state index is -0.373. The van der Waals surface area contributed by atoms with E-state index in [1.807, 2.05) is 12.1 Å². The fourth-order valence-corrected chi connectivity index (χ4v) is 2.53. The zero-order valence-corrected chi connectivity index (χ0v) is 8.42. The quantitative estimate of drug-likeness (QED) is 0.652. The maximum atomic E-state index is 11.3. The molecule has 2 aliphatic heterocycles. The van der Waals surface area contributed by atoms with E-state index >= 15 is 0 Å². The van der Waals surface area contributed by atoms with Gasteiger partial charge in [0, 0.05) is 18.7 Å². The van der Waals surface area contributed by atoms with Gasteiger partial charge in [-0.05, 0) is 30.7 Å². The van der Waals surface area contributed by atoms with Gasteiger partial charge in [0.25, 0.3) is 0 Å². The van der Waals surface area contributed by atoms with Gasteiger partial charge >= 0.3 is 6.03 Å². The largest absolute Gasteiger partial charge is 0.351 e. The van der Waals surface area contributed by atoms with Gasteiger partial charge < -0.3 is 11.1 Å². The molecule has 3 N–H and O–H groups in total. The summed E-state index contributed by atoms with van der Waals surface area (Å²) in [5.41, 5.74) is 10.1. The lowest BCUT2D eigenvalue weighted by Gasteiger charge is -2.26. The second kappa shape index (κ2) is 2.97. The number of carbonyl (C=O) groups is 1. The van der Waals surface area contributed by atoms with E-state index < -0.39 is 0 Å². The van der Waals surface area contributed by atoms with E-state index in [0.29, 0.717) is 0 Å². The first kappa shape index (κ1) is 8.73. The third-order valence-electron chi connectivity index (χ3n) is 3.22. The van der Waals surface area contributed by atoms with Crippen LogP contribution in [0.4, 0.5) is 4.79 Å². The lowest BCUT2D eigenvalue weighted by molar-refractivity contribution is 0.249. The lowest BCUT2D eigenvalue weighted by atomic mass is 9.94. The molecule has 3 rings (SSSR count). The number of primary amides is 1. The first-order chi connectivity index (χ1) is 7.27. The molecule has 0 unspecified atom stereocenters. The number of hydrogen-bond donors (Lipinski definition) is 2. The molecule has 78 valence electrons. The molecular weight excluding hydrogens is 190 g/mol. The molecule has 0 saturated carbocycles. The van der Waals surface area contributed by atoms with E-state index in [2.05, 4.69) is 5.32 Å². The van der Waals surface area contributed by atoms with Crippen LogP contribution in [0.2, 0.25) is 0 Å². The summed E-state index contributed by atoms with van der Waals surface area (Å²) < 4.78 is 1.63. The molecule has 0 saturated heterocycles. The Morgan fingerprint density at radius 2 is 2.33 bits per heavy atom. The van der Waals surface area contributed by atoms with Crippen molar-refractivity contribution < 1.29 is 4.79 Å². The average Bonchev–Trinajstić information content (AvgIpc) is 2.55. The van der Waals surface area contributed by atoms with E-state index in [1.54, 1.807) is 4.57 Å². The van der Waals surface area contributed by atoms with Crippen LogP contribution < -0.4 is 11.1 Å². The number of hydrogen-bond acceptors (Lipinski definition) is 2. The standard InChI is InChI=1S/C11H13N3O/c12-11(15)14-8-1-2-10(14)9-6-13-4-3-7(9)5-8/h1-2,13H,3-6H2,(H2,12,15). The molecule has 0 fully saturated rings. The molecule has 0 aromatic carbocycles. The van der Waals surface area contributed by atoms with E-state index in [9.17, 15) is 4.79 Å². The van der Waals surface area contributed by atoms with Crippen molar-refractivity contribution in [3.63, 3.8) is 0 Å². The lowest BCUT2D eigenvalue weighted by Crippen LogP contribution is -2.32. The molecule has 15 heavy (non-hydrogen) atoms. The Morgan fingerprint density at radius 1 is 1.47 bits per heavy atom. The molecule has 1 aromatic rings. The summed E-state index contributed by atoms with van der Waals surface area (Å²) in [6, 6.07) is 3.62. The Kier molecular flexibility index (Phi) is 1.73. The van der Waals surface area contributed by atoms with Gasteiger partial charge in [0.05, 0.1) is 5.69 Å². The summed E-state index contributed by atoms with van der Waals surface area (Å²) >= 11 is 0. The molecule has 4 heteroatoms. The van der Waals surface area contributed by atoms with E-state index in [0.717, 1.165) is 37.3 Å². The van der Waals surface area contributed by atoms with Gasteiger partial charge in [0.15, 0.2) is 0 Å². The minimum Gasteiger partial charge on any atom is -0.351 e. The molecule has 0 aliphatic carbocycles. The van der Waals surface area contributed by atoms with E-state index in [-0.39, 0.29) is 6.03 Å². The summed E-state index contributed by atoms with van der Waals surface area (Å²) in [5, 5.41) is 3.33. The molecule has 0 spiro atoms. The SMILES string of the molecule is NC(=O)n1c2ccc1C1=C(CCNC1)C2. The topological polar surface area (TPSA) is 60.1 Å². The number of rotatable bonds is 0. The zero-order chi connectivity index (χ0) is 10.4. The van der Waals surface area contributed by atoms with Gasteiger partial charge in [-0.25, -0.2) is 4.79 Å². The molecule has 2 aliphatic rings. The Hall–Kier alpha value is -1.55. The zero-order valence-electron chi connectivity index (χ0n) is 8.42. The molecule has 4 nitrogen and oxygen atoms in total. The molecule has 2 bridgehead atoms. The minimum absolute atomic E-state index is 0.373. The second-order valence-corrected chi connectivity index (χ2v) is 4.07. The van der Waals surface area contributed by atoms with Crippen molar-refractivity contribution in [1.82, 2.24) is 9.88 Å². The second-order valence-electron chi connectivity index (χ2n) is 4.07. The predicted molar refractivity (Wildman–Crippen MR) is 57.5 cm³/mol. The third kappa shape index (κ3) is 1.15. The normalized spacial score (nSPS) is 18.9. The fraction of sp³-hybridized carbons (Fsp3) is 0.364. The number of amides is 1. The van der Waals surface area contributed by atoms with Crippen molar-refractivity contribution in [3.8, 4) is 0 Å². The van der Waals surface area contributed by atoms with Crippen LogP contribution in [0.25, 0.3) is 5.57 Å². The van der Waals surface area contributed by atoms with Gasteiger partial charge in [0.2, 0.25) is 0 Å². The van der Waals surface area contributed by atoms with E-state index in [4.69, 9.17) is 5.73 Å². The summed E-state index contributed by atoms with van der Waals surface area (Å²) in [4.78, 5) is 11.3. The monoisotopic (exact) mass is 203 g/mol. The van der Waals surface area contributed by atoms with Crippen LogP contribution in [0.15, 0.2) is 17.7 Å². The number of carbonyl (C=O) groups excluding carboxylic acids is 1. The molecule has 0 atom stereocenters. The van der Waals surface area contributed by atoms with Gasteiger partial charge in [-0.15, -0.1) is 0 Å². The number of nitrogens with zero attached hydrogens (tertiary/aromatic N) is 1. The summed E-state index contributed by atoms with van der Waals surface area (Å²) in [7, 11) is 0. The summed E-state index contributed by atoms with van der Waals surface area (Å²) in [6.45, 7) is 1.89. The van der Waals surface area contributed by atoms with Crippen molar-refractivity contribution in [1.29, 1.82) is 0 Å². The Morgan fingerprint density at radius 3 is 3.13 bits per heavy atom. The highest BCUT2D eigenvalue weighted by Crippen LogP contribution is 2.32. The van der Waals surface area contributed by atoms with Gasteiger partial charge in [0.1, 0.15) is 0 Å². The molecule has 1 amide bonds. The van der Waals surface area contributed by atoms with E-state index in [1.165, 1.54) is 11.1 Å². The summed E-state index contributed by atoms with van der Waals surface area (Å²) in [6.07, 6.45) is 1.95. The highest BCUT2D eigenvalue weighted by atomic mass is 16.2. The van der Waals surface area contributed by atoms with Crippen LogP contribution >= 0.6 is 0 Å². The predicted octanol–water partition coefficient (Wildman–Crippen LogP) is 0.718. The Bertz CT molecular complexity index is 470. The van der Waals surface area contributed by atoms with Crippen LogP contribution in [0.5, 0.6) is 0 Å². The van der Waals surface area contributed by atoms with Crippen LogP contribution in [-0.4, -0.2) is 23.7 Å². The van der Waals surface area contributed by atoms with Gasteiger partial charge in [-0.1, -0.05) is 5.57 Å². The average molecular weight is 203 g/mol. The van der Waals surface area contributed by atoms with Crippen molar-refractivity contribution in [2.45, 2.75) is 12.8 Å². The maximum Gasteiger partial charge on any atom is 0.323 e. The molecule has 1 aromatic heterocycles. The highest BCUT2D eigenvalue weighted by molar-refractivity contribution is 5.84. The highest BCUT2D eigenvalue weighted by Gasteiger charge is 2.25. The van der Waals surface area contributed by atoms with Crippen molar-refractivity contribution in [2.24, 2.45) is 5.73 Å². The van der Waals surface area contributed by atoms with Crippen LogP contribution in [-0.2, 0) is 6.42 Å². The van der Waals surface area contributed by atoms with Crippen LogP contribution in [0, 0.1) is 0 Å². The fourth-order valence-electron chi connectivity index (χ4n) is 2.53. The maximum absolute atomic E-state index is 11.3. The Balaban J connectivity index is 2.17. The van der Waals surface area contributed by atoms with Crippen LogP contribution in [0.1, 0.15) is 17.8 Å². The first-order valence-corrected chi connectivity index (χ1v) is 5.20. The first-order valence-electron chi connectivity index (χ1n) is 5.20. The number of fused-ring (bicyclic) bond motifs is 3. The molecule has 3 heterocycles. The number of aromatic nitrogens is 1. The van der Waals surface area contributed by atoms with Crippen molar-refractivity contribution in [3.05, 3.63) is 29.1 Å². The van der Waals surface area contributed by atoms with Crippen molar-refractivity contribution in [2.75, 3.05) is 13.1 Å². The third-order valence-corrected chi connectivity index (χ3v) is 3.22. The molecular formula is C11H13N3O. The number of nitrogens with one attached hydrogen (secondary N) is 1. The van der Waals surface area contributed by atoms with Crippen LogP contribution in [0.3, 0.4) is 0 Å².